The molecule has 0 spiro atoms. The maximum Gasteiger partial charge on any atom is 0.135 e. The molecule has 16 heavy (non-hydrogen) atoms. The van der Waals surface area contributed by atoms with Gasteiger partial charge in [0.2, 0.25) is 0 Å². The summed E-state index contributed by atoms with van der Waals surface area (Å²) in [6.07, 6.45) is 4.18. The van der Waals surface area contributed by atoms with E-state index in [2.05, 4.69) is 11.2 Å². The summed E-state index contributed by atoms with van der Waals surface area (Å²) in [6.45, 7) is 0. The zero-order valence-corrected chi connectivity index (χ0v) is 10.7. The fraction of sp³-hybridized carbons (Fsp3) is 0.333. The van der Waals surface area contributed by atoms with E-state index in [1.807, 2.05) is 24.5 Å². The highest BCUT2D eigenvalue weighted by molar-refractivity contribution is 8.22. The number of hydrogen-bond acceptors (Lipinski definition) is 4. The van der Waals surface area contributed by atoms with Gasteiger partial charge in [0.1, 0.15) is 5.70 Å². The standard InChI is InChI=1S/C12H13NOS2/c1-15-12-11(13-14)10-7-3-2-5-9(10)6-4-8-16-12/h2-3,5,7H,4,6,8H2,1H3/b12-11+. The van der Waals surface area contributed by atoms with Crippen molar-refractivity contribution in [3.8, 4) is 0 Å². The van der Waals surface area contributed by atoms with E-state index in [4.69, 9.17) is 0 Å². The molecule has 1 aromatic carbocycles. The Kier molecular flexibility index (Phi) is 4.07. The van der Waals surface area contributed by atoms with E-state index in [1.165, 1.54) is 5.56 Å². The Hall–Kier alpha value is -0.740. The number of benzene rings is 1. The van der Waals surface area contributed by atoms with E-state index >= 15 is 0 Å². The summed E-state index contributed by atoms with van der Waals surface area (Å²) < 4.78 is 1.04. The van der Waals surface area contributed by atoms with Crippen LogP contribution in [-0.4, -0.2) is 12.0 Å². The molecule has 0 fully saturated rings. The molecule has 4 heteroatoms. The van der Waals surface area contributed by atoms with E-state index in [1.54, 1.807) is 23.5 Å². The third-order valence-electron chi connectivity index (χ3n) is 2.57. The van der Waals surface area contributed by atoms with Crippen molar-refractivity contribution in [2.24, 2.45) is 5.18 Å². The first-order valence-electron chi connectivity index (χ1n) is 5.19. The topological polar surface area (TPSA) is 29.4 Å². The van der Waals surface area contributed by atoms with Crippen LogP contribution in [0.15, 0.2) is 33.7 Å². The van der Waals surface area contributed by atoms with E-state index in [-0.39, 0.29) is 0 Å². The Bertz CT molecular complexity index is 429. The predicted octanol–water partition coefficient (Wildman–Crippen LogP) is 4.12. The highest BCUT2D eigenvalue weighted by atomic mass is 32.2. The van der Waals surface area contributed by atoms with Gasteiger partial charge in [-0.3, -0.25) is 0 Å². The van der Waals surface area contributed by atoms with Gasteiger partial charge >= 0.3 is 0 Å². The van der Waals surface area contributed by atoms with E-state index in [9.17, 15) is 4.91 Å². The summed E-state index contributed by atoms with van der Waals surface area (Å²) in [5.74, 6) is 1.06. The molecule has 0 bridgehead atoms. The summed E-state index contributed by atoms with van der Waals surface area (Å²) in [5, 5.41) is 3.23. The monoisotopic (exact) mass is 251 g/mol. The zero-order chi connectivity index (χ0) is 11.4. The Morgan fingerprint density at radius 1 is 1.38 bits per heavy atom. The van der Waals surface area contributed by atoms with Crippen LogP contribution >= 0.6 is 23.5 Å². The highest BCUT2D eigenvalue weighted by Gasteiger charge is 2.16. The van der Waals surface area contributed by atoms with Crippen LogP contribution in [0.5, 0.6) is 0 Å². The minimum atomic E-state index is 0.618. The molecule has 0 N–H and O–H groups in total. The number of nitroso groups, excluding NO2 is 1. The molecular weight excluding hydrogens is 238 g/mol. The van der Waals surface area contributed by atoms with Crippen LogP contribution < -0.4 is 0 Å². The van der Waals surface area contributed by atoms with Crippen LogP contribution in [0, 0.1) is 4.91 Å². The fourth-order valence-corrected chi connectivity index (χ4v) is 3.64. The van der Waals surface area contributed by atoms with Crippen molar-refractivity contribution in [3.63, 3.8) is 0 Å². The maximum atomic E-state index is 11.0. The average molecular weight is 251 g/mol. The molecule has 0 saturated heterocycles. The first kappa shape index (κ1) is 11.7. The van der Waals surface area contributed by atoms with Gasteiger partial charge in [0.15, 0.2) is 0 Å². The van der Waals surface area contributed by atoms with Crippen LogP contribution in [0.2, 0.25) is 0 Å². The van der Waals surface area contributed by atoms with Gasteiger partial charge < -0.3 is 0 Å². The summed E-state index contributed by atoms with van der Waals surface area (Å²) in [5.41, 5.74) is 2.87. The van der Waals surface area contributed by atoms with Gasteiger partial charge in [0.25, 0.3) is 0 Å². The second-order valence-corrected chi connectivity index (χ2v) is 5.72. The lowest BCUT2D eigenvalue weighted by atomic mass is 10.0. The lowest BCUT2D eigenvalue weighted by Gasteiger charge is -2.15. The van der Waals surface area contributed by atoms with Gasteiger partial charge in [-0.1, -0.05) is 24.3 Å². The number of aryl methyl sites for hydroxylation is 1. The van der Waals surface area contributed by atoms with Crippen molar-refractivity contribution >= 4 is 29.2 Å². The van der Waals surface area contributed by atoms with Crippen molar-refractivity contribution in [1.29, 1.82) is 0 Å². The smallest absolute Gasteiger partial charge is 0.135 e. The lowest BCUT2D eigenvalue weighted by molar-refractivity contribution is 0.928. The van der Waals surface area contributed by atoms with Crippen LogP contribution in [0.1, 0.15) is 17.5 Å². The molecule has 0 unspecified atom stereocenters. The summed E-state index contributed by atoms with van der Waals surface area (Å²) in [4.78, 5) is 11.0. The van der Waals surface area contributed by atoms with E-state index in [0.29, 0.717) is 5.70 Å². The van der Waals surface area contributed by atoms with Gasteiger partial charge in [-0.15, -0.1) is 28.4 Å². The number of rotatable bonds is 2. The van der Waals surface area contributed by atoms with Crippen molar-refractivity contribution < 1.29 is 0 Å². The molecule has 0 aromatic heterocycles. The van der Waals surface area contributed by atoms with Crippen LogP contribution in [-0.2, 0) is 6.42 Å². The van der Waals surface area contributed by atoms with Gasteiger partial charge in [0, 0.05) is 5.56 Å². The second kappa shape index (κ2) is 5.55. The van der Waals surface area contributed by atoms with Crippen molar-refractivity contribution in [3.05, 3.63) is 44.5 Å². The number of fused-ring (bicyclic) bond motifs is 1. The minimum absolute atomic E-state index is 0.618. The summed E-state index contributed by atoms with van der Waals surface area (Å²) in [7, 11) is 0. The molecule has 0 amide bonds. The van der Waals surface area contributed by atoms with Crippen molar-refractivity contribution in [2.75, 3.05) is 12.0 Å². The van der Waals surface area contributed by atoms with Crippen LogP contribution in [0.3, 0.4) is 0 Å². The number of thioether (sulfide) groups is 2. The third-order valence-corrected chi connectivity index (χ3v) is 4.93. The maximum absolute atomic E-state index is 11.0. The lowest BCUT2D eigenvalue weighted by Crippen LogP contribution is -1.98. The number of nitrogens with zero attached hydrogens (tertiary/aromatic N) is 1. The predicted molar refractivity (Wildman–Crippen MR) is 73.5 cm³/mol. The largest absolute Gasteiger partial charge is 0.145 e. The molecule has 0 aliphatic carbocycles. The van der Waals surface area contributed by atoms with Gasteiger partial charge in [-0.25, -0.2) is 0 Å². The molecule has 0 radical (unpaired) electrons. The first-order valence-corrected chi connectivity index (χ1v) is 7.40. The molecule has 84 valence electrons. The van der Waals surface area contributed by atoms with Gasteiger partial charge in [-0.05, 0) is 35.6 Å². The van der Waals surface area contributed by atoms with Gasteiger partial charge in [-0.2, -0.15) is 0 Å². The average Bonchev–Trinajstić information content (AvgIpc) is 2.31. The zero-order valence-electron chi connectivity index (χ0n) is 9.10. The van der Waals surface area contributed by atoms with Crippen molar-refractivity contribution in [2.45, 2.75) is 12.8 Å². The molecule has 1 heterocycles. The molecule has 0 atom stereocenters. The minimum Gasteiger partial charge on any atom is -0.145 e. The molecule has 1 aliphatic rings. The second-order valence-electron chi connectivity index (χ2n) is 3.54. The Labute approximate surface area is 104 Å². The van der Waals surface area contributed by atoms with E-state index < -0.39 is 0 Å². The summed E-state index contributed by atoms with van der Waals surface area (Å²) >= 11 is 3.36. The Balaban J connectivity index is 2.57. The normalized spacial score (nSPS) is 20.8. The molecule has 2 nitrogen and oxygen atoms in total. The molecule has 2 rings (SSSR count). The quantitative estimate of drug-likeness (QED) is 0.740. The number of hydrogen-bond donors (Lipinski definition) is 0. The Morgan fingerprint density at radius 2 is 2.19 bits per heavy atom. The molecule has 0 saturated carbocycles. The van der Waals surface area contributed by atoms with E-state index in [0.717, 1.165) is 28.4 Å². The van der Waals surface area contributed by atoms with Gasteiger partial charge in [0.05, 0.1) is 4.24 Å². The highest BCUT2D eigenvalue weighted by Crippen LogP contribution is 2.38. The summed E-state index contributed by atoms with van der Waals surface area (Å²) in [6, 6.07) is 8.08. The van der Waals surface area contributed by atoms with Crippen LogP contribution in [0.25, 0.3) is 5.70 Å². The molecular formula is C12H13NOS2. The first-order chi connectivity index (χ1) is 7.86. The third kappa shape index (κ3) is 2.33. The fourth-order valence-electron chi connectivity index (χ4n) is 1.82. The molecule has 1 aromatic rings. The SMILES string of the molecule is CS/C1=C(\N=O)c2ccccc2CCCS1. The van der Waals surface area contributed by atoms with Crippen molar-refractivity contribution in [1.82, 2.24) is 0 Å². The molecule has 1 aliphatic heterocycles. The van der Waals surface area contributed by atoms with Crippen LogP contribution in [0.4, 0.5) is 0 Å². The Morgan fingerprint density at radius 3 is 2.94 bits per heavy atom.